The van der Waals surface area contributed by atoms with Crippen molar-refractivity contribution in [3.05, 3.63) is 30.3 Å². The molecule has 0 spiro atoms. The number of unbranched alkanes of at least 4 members (excludes halogenated alkanes) is 1. The van der Waals surface area contributed by atoms with Crippen molar-refractivity contribution in [3.8, 4) is 0 Å². The number of β-amino-alcohol motifs (C(OH)–C–C–N with tert-alkyl or cyclic N) is 1. The zero-order valence-corrected chi connectivity index (χ0v) is 13.7. The van der Waals surface area contributed by atoms with Crippen molar-refractivity contribution in [1.82, 2.24) is 15.1 Å². The van der Waals surface area contributed by atoms with E-state index >= 15 is 0 Å². The number of anilines is 1. The van der Waals surface area contributed by atoms with Crippen LogP contribution < -0.4 is 10.6 Å². The summed E-state index contributed by atoms with van der Waals surface area (Å²) in [6.45, 7) is 7.03. The van der Waals surface area contributed by atoms with E-state index in [1.165, 1.54) is 0 Å². The lowest BCUT2D eigenvalue weighted by atomic mass is 10.2. The summed E-state index contributed by atoms with van der Waals surface area (Å²) in [5.74, 6) is 0. The van der Waals surface area contributed by atoms with Crippen molar-refractivity contribution in [2.75, 3.05) is 57.7 Å². The molecule has 6 heteroatoms. The van der Waals surface area contributed by atoms with Gasteiger partial charge in [-0.15, -0.1) is 0 Å². The molecular weight excluding hydrogens is 292 g/mol. The fraction of sp³-hybridized carbons (Fsp3) is 0.588. The highest BCUT2D eigenvalue weighted by molar-refractivity contribution is 5.89. The molecule has 128 valence electrons. The standard InChI is InChI=1S/C17H28N4O2/c22-15-14-21-12-10-20(11-13-21)9-5-4-8-18-17(23)19-16-6-2-1-3-7-16/h1-3,6-7,22H,4-5,8-15H2,(H2,18,19,23). The molecule has 1 heterocycles. The molecule has 23 heavy (non-hydrogen) atoms. The maximum Gasteiger partial charge on any atom is 0.319 e. The first kappa shape index (κ1) is 17.7. The van der Waals surface area contributed by atoms with Crippen LogP contribution in [0.4, 0.5) is 10.5 Å². The molecule has 0 bridgehead atoms. The monoisotopic (exact) mass is 320 g/mol. The third-order valence-corrected chi connectivity index (χ3v) is 4.10. The first-order valence-electron chi connectivity index (χ1n) is 8.43. The summed E-state index contributed by atoms with van der Waals surface area (Å²) in [6, 6.07) is 9.32. The van der Waals surface area contributed by atoms with Gasteiger partial charge in [-0.1, -0.05) is 18.2 Å². The first-order chi connectivity index (χ1) is 11.3. The number of piperazine rings is 1. The molecule has 0 aromatic heterocycles. The number of rotatable bonds is 8. The van der Waals surface area contributed by atoms with Crippen molar-refractivity contribution in [3.63, 3.8) is 0 Å². The van der Waals surface area contributed by atoms with Crippen molar-refractivity contribution >= 4 is 11.7 Å². The van der Waals surface area contributed by atoms with Gasteiger partial charge >= 0.3 is 6.03 Å². The second kappa shape index (κ2) is 10.2. The predicted molar refractivity (Wildman–Crippen MR) is 92.7 cm³/mol. The van der Waals surface area contributed by atoms with Gasteiger partial charge in [-0.25, -0.2) is 4.79 Å². The smallest absolute Gasteiger partial charge is 0.319 e. The van der Waals surface area contributed by atoms with Crippen LogP contribution in [0.15, 0.2) is 30.3 Å². The highest BCUT2D eigenvalue weighted by atomic mass is 16.3. The number of benzene rings is 1. The lowest BCUT2D eigenvalue weighted by Crippen LogP contribution is -2.47. The number of nitrogens with zero attached hydrogens (tertiary/aromatic N) is 2. The van der Waals surface area contributed by atoms with Crippen molar-refractivity contribution < 1.29 is 9.90 Å². The van der Waals surface area contributed by atoms with E-state index in [4.69, 9.17) is 5.11 Å². The van der Waals surface area contributed by atoms with E-state index in [0.717, 1.165) is 57.8 Å². The van der Waals surface area contributed by atoms with E-state index < -0.39 is 0 Å². The maximum atomic E-state index is 11.7. The van der Waals surface area contributed by atoms with Crippen LogP contribution in [0.1, 0.15) is 12.8 Å². The van der Waals surface area contributed by atoms with E-state index in [-0.39, 0.29) is 12.6 Å². The van der Waals surface area contributed by atoms with Gasteiger partial charge in [0.15, 0.2) is 0 Å². The van der Waals surface area contributed by atoms with Crippen molar-refractivity contribution in [2.24, 2.45) is 0 Å². The van der Waals surface area contributed by atoms with Crippen LogP contribution in [0, 0.1) is 0 Å². The molecule has 0 saturated carbocycles. The van der Waals surface area contributed by atoms with Gasteiger partial charge in [0, 0.05) is 45.0 Å². The van der Waals surface area contributed by atoms with Gasteiger partial charge in [0.2, 0.25) is 0 Å². The Balaban J connectivity index is 1.49. The molecule has 3 N–H and O–H groups in total. The number of nitrogens with one attached hydrogen (secondary N) is 2. The number of amides is 2. The fourth-order valence-corrected chi connectivity index (χ4v) is 2.74. The molecule has 0 unspecified atom stereocenters. The largest absolute Gasteiger partial charge is 0.395 e. The Bertz CT molecular complexity index is 447. The topological polar surface area (TPSA) is 67.8 Å². The van der Waals surface area contributed by atoms with E-state index in [1.807, 2.05) is 30.3 Å². The minimum absolute atomic E-state index is 0.145. The Morgan fingerprint density at radius 3 is 2.30 bits per heavy atom. The Labute approximate surface area is 138 Å². The van der Waals surface area contributed by atoms with E-state index in [0.29, 0.717) is 6.54 Å². The van der Waals surface area contributed by atoms with E-state index in [1.54, 1.807) is 0 Å². The fourth-order valence-electron chi connectivity index (χ4n) is 2.74. The lowest BCUT2D eigenvalue weighted by Gasteiger charge is -2.34. The summed E-state index contributed by atoms with van der Waals surface area (Å²) in [6.07, 6.45) is 2.07. The molecule has 6 nitrogen and oxygen atoms in total. The predicted octanol–water partition coefficient (Wildman–Crippen LogP) is 1.20. The first-order valence-corrected chi connectivity index (χ1v) is 8.43. The summed E-state index contributed by atoms with van der Waals surface area (Å²) >= 11 is 0. The molecule has 0 atom stereocenters. The number of carbonyl (C=O) groups is 1. The number of para-hydroxylation sites is 1. The van der Waals surface area contributed by atoms with Gasteiger partial charge in [-0.2, -0.15) is 0 Å². The SMILES string of the molecule is O=C(NCCCCN1CCN(CCO)CC1)Nc1ccccc1. The van der Waals surface area contributed by atoms with E-state index in [9.17, 15) is 4.79 Å². The Morgan fingerprint density at radius 2 is 1.65 bits per heavy atom. The lowest BCUT2D eigenvalue weighted by molar-refractivity contribution is 0.111. The van der Waals surface area contributed by atoms with Crippen LogP contribution >= 0.6 is 0 Å². The van der Waals surface area contributed by atoms with Gasteiger partial charge in [0.25, 0.3) is 0 Å². The summed E-state index contributed by atoms with van der Waals surface area (Å²) < 4.78 is 0. The molecule has 1 fully saturated rings. The molecule has 0 aliphatic carbocycles. The number of hydrogen-bond donors (Lipinski definition) is 3. The minimum atomic E-state index is -0.145. The summed E-state index contributed by atoms with van der Waals surface area (Å²) in [7, 11) is 0. The van der Waals surface area contributed by atoms with Gasteiger partial charge in [-0.05, 0) is 31.5 Å². The van der Waals surface area contributed by atoms with Gasteiger partial charge in [0.05, 0.1) is 6.61 Å². The zero-order chi connectivity index (χ0) is 16.3. The molecule has 2 rings (SSSR count). The quantitative estimate of drug-likeness (QED) is 0.630. The average molecular weight is 320 g/mol. The number of aliphatic hydroxyl groups is 1. The van der Waals surface area contributed by atoms with Crippen molar-refractivity contribution in [2.45, 2.75) is 12.8 Å². The highest BCUT2D eigenvalue weighted by Gasteiger charge is 2.15. The van der Waals surface area contributed by atoms with Crippen molar-refractivity contribution in [1.29, 1.82) is 0 Å². The second-order valence-electron chi connectivity index (χ2n) is 5.86. The molecule has 1 aromatic rings. The zero-order valence-electron chi connectivity index (χ0n) is 13.7. The van der Waals surface area contributed by atoms with Crippen LogP contribution in [0.3, 0.4) is 0 Å². The number of carbonyl (C=O) groups excluding carboxylic acids is 1. The molecule has 1 aromatic carbocycles. The summed E-state index contributed by atoms with van der Waals surface area (Å²) in [5, 5.41) is 14.6. The molecule has 2 amide bonds. The summed E-state index contributed by atoms with van der Waals surface area (Å²) in [4.78, 5) is 16.5. The van der Waals surface area contributed by atoms with Gasteiger partial charge < -0.3 is 20.6 Å². The second-order valence-corrected chi connectivity index (χ2v) is 5.86. The van der Waals surface area contributed by atoms with E-state index in [2.05, 4.69) is 20.4 Å². The minimum Gasteiger partial charge on any atom is -0.395 e. The van der Waals surface area contributed by atoms with Crippen LogP contribution in [-0.2, 0) is 0 Å². The van der Waals surface area contributed by atoms with Crippen LogP contribution in [0.5, 0.6) is 0 Å². The molecule has 1 aliphatic rings. The normalized spacial score (nSPS) is 16.2. The van der Waals surface area contributed by atoms with Gasteiger partial charge in [0.1, 0.15) is 0 Å². The molecule has 1 saturated heterocycles. The van der Waals surface area contributed by atoms with Crippen LogP contribution in [0.25, 0.3) is 0 Å². The number of aliphatic hydroxyl groups excluding tert-OH is 1. The van der Waals surface area contributed by atoms with Crippen LogP contribution in [0.2, 0.25) is 0 Å². The Morgan fingerprint density at radius 1 is 1.00 bits per heavy atom. The third-order valence-electron chi connectivity index (χ3n) is 4.10. The molecule has 0 radical (unpaired) electrons. The third kappa shape index (κ3) is 6.99. The number of hydrogen-bond acceptors (Lipinski definition) is 4. The average Bonchev–Trinajstić information content (AvgIpc) is 2.57. The number of urea groups is 1. The van der Waals surface area contributed by atoms with Crippen LogP contribution in [-0.4, -0.2) is 73.4 Å². The summed E-state index contributed by atoms with van der Waals surface area (Å²) in [5.41, 5.74) is 0.811. The maximum absolute atomic E-state index is 11.7. The Hall–Kier alpha value is -1.63. The molecular formula is C17H28N4O2. The Kier molecular flexibility index (Phi) is 7.86. The molecule has 1 aliphatic heterocycles. The van der Waals surface area contributed by atoms with Gasteiger partial charge in [-0.3, -0.25) is 4.90 Å². The highest BCUT2D eigenvalue weighted by Crippen LogP contribution is 2.05.